The molecular weight excluding hydrogens is 383 g/mol. The van der Waals surface area contributed by atoms with Gasteiger partial charge in [-0.25, -0.2) is 4.39 Å². The number of benzene rings is 1. The average Bonchev–Trinajstić information content (AvgIpc) is 2.75. The van der Waals surface area contributed by atoms with E-state index in [4.69, 9.17) is 4.74 Å². The van der Waals surface area contributed by atoms with Crippen LogP contribution < -0.4 is 5.32 Å². The molecule has 2 atom stereocenters. The summed E-state index contributed by atoms with van der Waals surface area (Å²) in [4.78, 5) is 14.4. The molecule has 3 aliphatic rings. The van der Waals surface area contributed by atoms with Gasteiger partial charge in [0.25, 0.3) is 5.91 Å². The molecule has 1 spiro atoms. The zero-order valence-corrected chi connectivity index (χ0v) is 17.8. The van der Waals surface area contributed by atoms with E-state index in [1.165, 1.54) is 6.08 Å². The van der Waals surface area contributed by atoms with Crippen LogP contribution in [-0.2, 0) is 4.74 Å². The number of amides is 1. The second-order valence-corrected chi connectivity index (χ2v) is 8.59. The summed E-state index contributed by atoms with van der Waals surface area (Å²) in [7, 11) is 0. The number of phenols is 1. The SMILES string of the molecule is CCN(CC)C(=O)c1ccc(C2CC3(CCNCC3)OC3=CC=C(F)CC32)c(O)c1. The van der Waals surface area contributed by atoms with Gasteiger partial charge >= 0.3 is 0 Å². The van der Waals surface area contributed by atoms with Crippen LogP contribution in [0, 0.1) is 5.92 Å². The summed E-state index contributed by atoms with van der Waals surface area (Å²) < 4.78 is 20.6. The number of piperidine rings is 1. The van der Waals surface area contributed by atoms with E-state index in [9.17, 15) is 14.3 Å². The number of aromatic hydroxyl groups is 1. The molecule has 4 rings (SSSR count). The van der Waals surface area contributed by atoms with Crippen LogP contribution in [0.3, 0.4) is 0 Å². The molecule has 0 aromatic heterocycles. The topological polar surface area (TPSA) is 61.8 Å². The molecule has 6 heteroatoms. The highest BCUT2D eigenvalue weighted by Crippen LogP contribution is 2.52. The number of phenolic OH excluding ortho intramolecular Hbond substituents is 1. The number of nitrogens with zero attached hydrogens (tertiary/aromatic N) is 1. The number of halogens is 1. The molecule has 2 unspecified atom stereocenters. The molecule has 162 valence electrons. The van der Waals surface area contributed by atoms with Crippen molar-refractivity contribution in [2.24, 2.45) is 5.92 Å². The fourth-order valence-electron chi connectivity index (χ4n) is 5.16. The Balaban J connectivity index is 1.68. The Hall–Kier alpha value is -2.34. The predicted molar refractivity (Wildman–Crippen MR) is 114 cm³/mol. The molecule has 2 fully saturated rings. The highest BCUT2D eigenvalue weighted by Gasteiger charge is 2.47. The maximum Gasteiger partial charge on any atom is 0.253 e. The van der Waals surface area contributed by atoms with Crippen molar-refractivity contribution < 1.29 is 19.0 Å². The van der Waals surface area contributed by atoms with Gasteiger partial charge in [0.15, 0.2) is 0 Å². The summed E-state index contributed by atoms with van der Waals surface area (Å²) in [6, 6.07) is 5.21. The molecule has 0 bridgehead atoms. The van der Waals surface area contributed by atoms with E-state index in [-0.39, 0.29) is 41.3 Å². The van der Waals surface area contributed by atoms with E-state index in [0.29, 0.717) is 18.7 Å². The molecular formula is C24H31FN2O3. The van der Waals surface area contributed by atoms with Crippen molar-refractivity contribution in [1.29, 1.82) is 0 Å². The summed E-state index contributed by atoms with van der Waals surface area (Å²) >= 11 is 0. The van der Waals surface area contributed by atoms with Gasteiger partial charge in [0.05, 0.1) is 0 Å². The van der Waals surface area contributed by atoms with Gasteiger partial charge in [0.1, 0.15) is 22.9 Å². The largest absolute Gasteiger partial charge is 0.508 e. The number of allylic oxidation sites excluding steroid dienone is 4. The first-order valence-electron chi connectivity index (χ1n) is 11.0. The van der Waals surface area contributed by atoms with E-state index in [1.807, 2.05) is 19.9 Å². The van der Waals surface area contributed by atoms with Crippen LogP contribution >= 0.6 is 0 Å². The molecule has 30 heavy (non-hydrogen) atoms. The molecule has 2 aliphatic heterocycles. The average molecular weight is 415 g/mol. The lowest BCUT2D eigenvalue weighted by Crippen LogP contribution is -2.49. The number of hydrogen-bond acceptors (Lipinski definition) is 4. The van der Waals surface area contributed by atoms with E-state index in [1.54, 1.807) is 23.1 Å². The van der Waals surface area contributed by atoms with Crippen LogP contribution in [0.25, 0.3) is 0 Å². The van der Waals surface area contributed by atoms with Crippen molar-refractivity contribution in [2.75, 3.05) is 26.2 Å². The first-order valence-corrected chi connectivity index (χ1v) is 11.0. The van der Waals surface area contributed by atoms with Crippen molar-refractivity contribution >= 4 is 5.91 Å². The van der Waals surface area contributed by atoms with Crippen LogP contribution in [0.15, 0.2) is 41.9 Å². The first kappa shape index (κ1) is 20.9. The van der Waals surface area contributed by atoms with Crippen molar-refractivity contribution in [3.8, 4) is 5.75 Å². The number of ether oxygens (including phenoxy) is 1. The fourth-order valence-corrected chi connectivity index (χ4v) is 5.16. The third kappa shape index (κ3) is 3.85. The fraction of sp³-hybridized carbons (Fsp3) is 0.542. The Kier molecular flexibility index (Phi) is 5.87. The van der Waals surface area contributed by atoms with Crippen LogP contribution in [0.4, 0.5) is 4.39 Å². The Labute approximate surface area is 177 Å². The van der Waals surface area contributed by atoms with Gasteiger partial charge in [-0.15, -0.1) is 0 Å². The number of fused-ring (bicyclic) bond motifs is 1. The molecule has 0 radical (unpaired) electrons. The molecule has 1 aromatic carbocycles. The summed E-state index contributed by atoms with van der Waals surface area (Å²) in [5.74, 6) is 0.490. The minimum Gasteiger partial charge on any atom is -0.508 e. The highest BCUT2D eigenvalue weighted by molar-refractivity contribution is 5.94. The molecule has 1 aliphatic carbocycles. The zero-order chi connectivity index (χ0) is 21.3. The van der Waals surface area contributed by atoms with Gasteiger partial charge in [-0.3, -0.25) is 4.79 Å². The number of carbonyl (C=O) groups is 1. The van der Waals surface area contributed by atoms with E-state index >= 15 is 0 Å². The minimum absolute atomic E-state index is 0.0554. The maximum absolute atomic E-state index is 14.2. The molecule has 2 N–H and O–H groups in total. The van der Waals surface area contributed by atoms with Crippen molar-refractivity contribution in [2.45, 2.75) is 51.0 Å². The van der Waals surface area contributed by atoms with Crippen LogP contribution in [0.1, 0.15) is 61.4 Å². The Morgan fingerprint density at radius 3 is 2.63 bits per heavy atom. The summed E-state index contributed by atoms with van der Waals surface area (Å²) in [6.45, 7) is 6.90. The summed E-state index contributed by atoms with van der Waals surface area (Å²) in [5.41, 5.74) is 0.967. The van der Waals surface area contributed by atoms with Crippen LogP contribution in [0.2, 0.25) is 0 Å². The van der Waals surface area contributed by atoms with Gasteiger partial charge < -0.3 is 20.1 Å². The molecule has 2 heterocycles. The molecule has 0 saturated carbocycles. The van der Waals surface area contributed by atoms with Gasteiger partial charge in [-0.1, -0.05) is 6.07 Å². The molecule has 2 saturated heterocycles. The quantitative estimate of drug-likeness (QED) is 0.773. The van der Waals surface area contributed by atoms with Crippen molar-refractivity contribution in [1.82, 2.24) is 10.2 Å². The van der Waals surface area contributed by atoms with Gasteiger partial charge in [-0.05, 0) is 76.0 Å². The smallest absolute Gasteiger partial charge is 0.253 e. The van der Waals surface area contributed by atoms with Crippen molar-refractivity contribution in [3.05, 3.63) is 53.1 Å². The maximum atomic E-state index is 14.2. The monoisotopic (exact) mass is 414 g/mol. The lowest BCUT2D eigenvalue weighted by Gasteiger charge is -2.49. The minimum atomic E-state index is -0.290. The Morgan fingerprint density at radius 2 is 1.97 bits per heavy atom. The third-order valence-electron chi connectivity index (χ3n) is 6.86. The standard InChI is InChI=1S/C24H31FN2O3/c1-3-27(4-2)23(29)16-5-7-18(21(28)13-16)20-15-24(9-11-26-12-10-24)30-22-8-6-17(25)14-19(20)22/h5-8,13,19-20,26,28H,3-4,9-12,14-15H2,1-2H3. The Bertz CT molecular complexity index is 869. The lowest BCUT2D eigenvalue weighted by molar-refractivity contribution is -0.0807. The van der Waals surface area contributed by atoms with Gasteiger partial charge in [0.2, 0.25) is 0 Å². The number of rotatable bonds is 4. The van der Waals surface area contributed by atoms with Crippen LogP contribution in [-0.4, -0.2) is 47.7 Å². The third-order valence-corrected chi connectivity index (χ3v) is 6.86. The normalized spacial score (nSPS) is 25.0. The molecule has 1 aromatic rings. The predicted octanol–water partition coefficient (Wildman–Crippen LogP) is 4.26. The molecule has 5 nitrogen and oxygen atoms in total. The first-order chi connectivity index (χ1) is 14.5. The van der Waals surface area contributed by atoms with E-state index in [0.717, 1.165) is 43.7 Å². The van der Waals surface area contributed by atoms with E-state index in [2.05, 4.69) is 5.32 Å². The summed E-state index contributed by atoms with van der Waals surface area (Å²) in [6.07, 6.45) is 6.05. The number of nitrogens with one attached hydrogen (secondary N) is 1. The van der Waals surface area contributed by atoms with Gasteiger partial charge in [-0.2, -0.15) is 0 Å². The Morgan fingerprint density at radius 1 is 1.23 bits per heavy atom. The highest BCUT2D eigenvalue weighted by atomic mass is 19.1. The van der Waals surface area contributed by atoms with Crippen molar-refractivity contribution in [3.63, 3.8) is 0 Å². The number of carbonyl (C=O) groups excluding carboxylic acids is 1. The van der Waals surface area contributed by atoms with Gasteiger partial charge in [0, 0.05) is 36.9 Å². The lowest BCUT2D eigenvalue weighted by atomic mass is 9.69. The van der Waals surface area contributed by atoms with Crippen LogP contribution in [0.5, 0.6) is 5.75 Å². The second-order valence-electron chi connectivity index (χ2n) is 8.59. The number of hydrogen-bond donors (Lipinski definition) is 2. The summed E-state index contributed by atoms with van der Waals surface area (Å²) in [5, 5.41) is 14.3. The zero-order valence-electron chi connectivity index (χ0n) is 17.8. The second kappa shape index (κ2) is 8.42. The van der Waals surface area contributed by atoms with E-state index < -0.39 is 0 Å². The molecule has 1 amide bonds.